The third kappa shape index (κ3) is 2.81. The Morgan fingerprint density at radius 1 is 1.27 bits per heavy atom. The third-order valence-electron chi connectivity index (χ3n) is 4.18. The van der Waals surface area contributed by atoms with Crippen LogP contribution in [0.2, 0.25) is 5.02 Å². The molecule has 2 aromatic rings. The molecule has 22 heavy (non-hydrogen) atoms. The number of likely N-dealkylation sites (N-methyl/N-ethyl adjacent to an activating group) is 1. The summed E-state index contributed by atoms with van der Waals surface area (Å²) >= 11 is 5.99. The first-order valence-electron chi connectivity index (χ1n) is 7.33. The van der Waals surface area contributed by atoms with Gasteiger partial charge in [0.1, 0.15) is 5.75 Å². The van der Waals surface area contributed by atoms with Gasteiger partial charge in [0.15, 0.2) is 6.10 Å². The fourth-order valence-corrected chi connectivity index (χ4v) is 2.92. The molecule has 3 rings (SSSR count). The van der Waals surface area contributed by atoms with Gasteiger partial charge in [0.05, 0.1) is 6.04 Å². The van der Waals surface area contributed by atoms with E-state index in [9.17, 15) is 4.79 Å². The van der Waals surface area contributed by atoms with Crippen LogP contribution in [0.3, 0.4) is 0 Å². The van der Waals surface area contributed by atoms with E-state index in [0.717, 1.165) is 16.9 Å². The predicted molar refractivity (Wildman–Crippen MR) is 87.2 cm³/mol. The van der Waals surface area contributed by atoms with Gasteiger partial charge < -0.3 is 9.64 Å². The van der Waals surface area contributed by atoms with Crippen molar-refractivity contribution in [3.8, 4) is 5.75 Å². The number of hydrogen-bond acceptors (Lipinski definition) is 2. The standard InChI is InChI=1S/C18H18ClNO2/c1-12(13-6-4-3-5-7-13)20(2)18(21)17-11-14-10-15(19)8-9-16(14)22-17/h3-10,12,17H,11H2,1-2H3/t12-,17-/m0/s1. The number of amides is 1. The van der Waals surface area contributed by atoms with Gasteiger partial charge in [-0.25, -0.2) is 0 Å². The fourth-order valence-electron chi connectivity index (χ4n) is 2.73. The second kappa shape index (κ2) is 6.01. The maximum atomic E-state index is 12.7. The maximum absolute atomic E-state index is 12.7. The topological polar surface area (TPSA) is 29.5 Å². The highest BCUT2D eigenvalue weighted by Crippen LogP contribution is 2.32. The van der Waals surface area contributed by atoms with E-state index in [1.165, 1.54) is 0 Å². The molecule has 0 saturated heterocycles. The summed E-state index contributed by atoms with van der Waals surface area (Å²) in [7, 11) is 1.82. The van der Waals surface area contributed by atoms with Crippen LogP contribution in [0, 0.1) is 0 Å². The van der Waals surface area contributed by atoms with Gasteiger partial charge in [0, 0.05) is 18.5 Å². The highest BCUT2D eigenvalue weighted by molar-refractivity contribution is 6.30. The smallest absolute Gasteiger partial charge is 0.264 e. The number of hydrogen-bond donors (Lipinski definition) is 0. The second-order valence-electron chi connectivity index (χ2n) is 5.60. The minimum Gasteiger partial charge on any atom is -0.480 e. The van der Waals surface area contributed by atoms with Gasteiger partial charge >= 0.3 is 0 Å². The number of fused-ring (bicyclic) bond motifs is 1. The van der Waals surface area contributed by atoms with Crippen molar-refractivity contribution >= 4 is 17.5 Å². The van der Waals surface area contributed by atoms with Gasteiger partial charge in [-0.1, -0.05) is 41.9 Å². The first-order chi connectivity index (χ1) is 10.6. The van der Waals surface area contributed by atoms with E-state index in [1.807, 2.05) is 56.4 Å². The van der Waals surface area contributed by atoms with Crippen molar-refractivity contribution in [3.63, 3.8) is 0 Å². The Hall–Kier alpha value is -2.00. The van der Waals surface area contributed by atoms with Crippen LogP contribution < -0.4 is 4.74 Å². The lowest BCUT2D eigenvalue weighted by Gasteiger charge is -2.27. The van der Waals surface area contributed by atoms with Crippen molar-refractivity contribution in [1.82, 2.24) is 4.90 Å². The quantitative estimate of drug-likeness (QED) is 0.860. The van der Waals surface area contributed by atoms with Crippen LogP contribution in [-0.2, 0) is 11.2 Å². The number of ether oxygens (including phenoxy) is 1. The maximum Gasteiger partial charge on any atom is 0.264 e. The number of benzene rings is 2. The molecule has 2 atom stereocenters. The zero-order valence-corrected chi connectivity index (χ0v) is 13.4. The van der Waals surface area contributed by atoms with Gasteiger partial charge in [-0.2, -0.15) is 0 Å². The van der Waals surface area contributed by atoms with Crippen LogP contribution in [0.4, 0.5) is 0 Å². The Morgan fingerprint density at radius 2 is 2.00 bits per heavy atom. The van der Waals surface area contributed by atoms with Gasteiger partial charge in [0.25, 0.3) is 5.91 Å². The molecule has 114 valence electrons. The molecular formula is C18H18ClNO2. The first kappa shape index (κ1) is 14.9. The van der Waals surface area contributed by atoms with Crippen molar-refractivity contribution in [2.24, 2.45) is 0 Å². The predicted octanol–water partition coefficient (Wildman–Crippen LogP) is 3.86. The Labute approximate surface area is 135 Å². The van der Waals surface area contributed by atoms with Crippen molar-refractivity contribution in [1.29, 1.82) is 0 Å². The summed E-state index contributed by atoms with van der Waals surface area (Å²) in [4.78, 5) is 14.4. The summed E-state index contributed by atoms with van der Waals surface area (Å²) in [5, 5.41) is 0.668. The highest BCUT2D eigenvalue weighted by Gasteiger charge is 2.33. The Bertz CT molecular complexity index is 687. The van der Waals surface area contributed by atoms with Crippen molar-refractivity contribution in [2.45, 2.75) is 25.5 Å². The molecule has 0 saturated carbocycles. The SMILES string of the molecule is C[C@@H](c1ccccc1)N(C)C(=O)[C@@H]1Cc2cc(Cl)ccc2O1. The van der Waals surface area contributed by atoms with E-state index in [0.29, 0.717) is 11.4 Å². The molecule has 1 amide bonds. The molecule has 1 aliphatic rings. The number of carbonyl (C=O) groups is 1. The fraction of sp³-hybridized carbons (Fsp3) is 0.278. The lowest BCUT2D eigenvalue weighted by molar-refractivity contribution is -0.138. The first-order valence-corrected chi connectivity index (χ1v) is 7.71. The van der Waals surface area contributed by atoms with Crippen molar-refractivity contribution in [3.05, 3.63) is 64.7 Å². The molecule has 0 bridgehead atoms. The van der Waals surface area contributed by atoms with E-state index in [4.69, 9.17) is 16.3 Å². The molecule has 0 aliphatic carbocycles. The average molecular weight is 316 g/mol. The number of rotatable bonds is 3. The molecule has 0 aromatic heterocycles. The average Bonchev–Trinajstić information content (AvgIpc) is 2.96. The summed E-state index contributed by atoms with van der Waals surface area (Å²) in [5.74, 6) is 0.743. The van der Waals surface area contributed by atoms with Gasteiger partial charge in [-0.15, -0.1) is 0 Å². The summed E-state index contributed by atoms with van der Waals surface area (Å²) in [6, 6.07) is 15.5. The molecule has 2 aromatic carbocycles. The minimum atomic E-state index is -0.468. The summed E-state index contributed by atoms with van der Waals surface area (Å²) in [6.07, 6.45) is 0.102. The number of nitrogens with zero attached hydrogens (tertiary/aromatic N) is 1. The van der Waals surface area contributed by atoms with Crippen LogP contribution in [-0.4, -0.2) is 24.0 Å². The van der Waals surface area contributed by atoms with E-state index in [2.05, 4.69) is 0 Å². The number of halogens is 1. The molecule has 0 unspecified atom stereocenters. The highest BCUT2D eigenvalue weighted by atomic mass is 35.5. The van der Waals surface area contributed by atoms with Crippen LogP contribution in [0.15, 0.2) is 48.5 Å². The monoisotopic (exact) mass is 315 g/mol. The van der Waals surface area contributed by atoms with Crippen LogP contribution in [0.1, 0.15) is 24.1 Å². The second-order valence-corrected chi connectivity index (χ2v) is 6.03. The minimum absolute atomic E-state index is 0.00426. The van der Waals surface area contributed by atoms with Crippen LogP contribution in [0.5, 0.6) is 5.75 Å². The molecule has 3 nitrogen and oxygen atoms in total. The summed E-state index contributed by atoms with van der Waals surface area (Å²) < 4.78 is 5.78. The van der Waals surface area contributed by atoms with Crippen LogP contribution in [0.25, 0.3) is 0 Å². The van der Waals surface area contributed by atoms with Crippen LogP contribution >= 0.6 is 11.6 Å². The summed E-state index contributed by atoms with van der Waals surface area (Å²) in [5.41, 5.74) is 2.10. The third-order valence-corrected chi connectivity index (χ3v) is 4.42. The van der Waals surface area contributed by atoms with E-state index in [1.54, 1.807) is 11.0 Å². The van der Waals surface area contributed by atoms with Crippen molar-refractivity contribution < 1.29 is 9.53 Å². The van der Waals surface area contributed by atoms with E-state index >= 15 is 0 Å². The molecule has 0 N–H and O–H groups in total. The molecule has 1 aliphatic heterocycles. The zero-order valence-electron chi connectivity index (χ0n) is 12.6. The molecule has 0 radical (unpaired) electrons. The Morgan fingerprint density at radius 3 is 2.73 bits per heavy atom. The molecule has 4 heteroatoms. The normalized spacial score (nSPS) is 17.5. The molecular weight excluding hydrogens is 298 g/mol. The van der Waals surface area contributed by atoms with E-state index < -0.39 is 6.10 Å². The van der Waals surface area contributed by atoms with Gasteiger partial charge in [0.2, 0.25) is 0 Å². The Balaban J connectivity index is 1.73. The van der Waals surface area contributed by atoms with Gasteiger partial charge in [-0.05, 0) is 36.2 Å². The van der Waals surface area contributed by atoms with Crippen molar-refractivity contribution in [2.75, 3.05) is 7.05 Å². The van der Waals surface area contributed by atoms with E-state index in [-0.39, 0.29) is 11.9 Å². The summed E-state index contributed by atoms with van der Waals surface area (Å²) in [6.45, 7) is 2.02. The lowest BCUT2D eigenvalue weighted by Crippen LogP contribution is -2.40. The lowest BCUT2D eigenvalue weighted by atomic mass is 10.1. The zero-order chi connectivity index (χ0) is 15.7. The number of carbonyl (C=O) groups excluding carboxylic acids is 1. The largest absolute Gasteiger partial charge is 0.480 e. The molecule has 0 spiro atoms. The Kier molecular flexibility index (Phi) is 4.08. The molecule has 0 fully saturated rings. The van der Waals surface area contributed by atoms with Gasteiger partial charge in [-0.3, -0.25) is 4.79 Å². The molecule has 1 heterocycles.